The highest BCUT2D eigenvalue weighted by Crippen LogP contribution is 2.23. The molecule has 0 saturated carbocycles. The van der Waals surface area contributed by atoms with Crippen LogP contribution in [0.4, 0.5) is 5.69 Å². The standard InChI is InChI=1S/C8H11N3.2ClH/c1-5-8-6(3-10-5)2-7(9)4-11-8;;/h2,4-5,10H,3,9H2,1H3;2*1H. The normalized spacial score (nSPS) is 18.4. The molecule has 1 aliphatic rings. The molecule has 0 bridgehead atoms. The first-order chi connectivity index (χ1) is 5.27. The third kappa shape index (κ3) is 2.24. The summed E-state index contributed by atoms with van der Waals surface area (Å²) in [4.78, 5) is 4.25. The van der Waals surface area contributed by atoms with E-state index in [1.54, 1.807) is 6.20 Å². The molecule has 2 heterocycles. The molecular weight excluding hydrogens is 209 g/mol. The SMILES string of the molecule is CC1NCc2cc(N)cnc21.Cl.Cl. The maximum absolute atomic E-state index is 5.59. The van der Waals surface area contributed by atoms with E-state index in [1.165, 1.54) is 5.56 Å². The number of aromatic nitrogens is 1. The van der Waals surface area contributed by atoms with E-state index >= 15 is 0 Å². The van der Waals surface area contributed by atoms with Crippen molar-refractivity contribution in [3.05, 3.63) is 23.5 Å². The number of nitrogens with one attached hydrogen (secondary N) is 1. The third-order valence-corrected chi connectivity index (χ3v) is 2.03. The number of nitrogen functional groups attached to an aromatic ring is 1. The van der Waals surface area contributed by atoms with Crippen LogP contribution in [0.5, 0.6) is 0 Å². The molecule has 1 aromatic heterocycles. The maximum Gasteiger partial charge on any atom is 0.0616 e. The highest BCUT2D eigenvalue weighted by molar-refractivity contribution is 5.85. The number of nitrogens with two attached hydrogens (primary N) is 1. The number of hydrogen-bond donors (Lipinski definition) is 2. The second-order valence-electron chi connectivity index (χ2n) is 2.92. The van der Waals surface area contributed by atoms with Crippen molar-refractivity contribution >= 4 is 30.5 Å². The van der Waals surface area contributed by atoms with Crippen LogP contribution in [0.2, 0.25) is 0 Å². The molecule has 74 valence electrons. The molecular formula is C8H13Cl2N3. The van der Waals surface area contributed by atoms with Crippen molar-refractivity contribution in [2.45, 2.75) is 19.5 Å². The van der Waals surface area contributed by atoms with E-state index in [0.717, 1.165) is 17.9 Å². The minimum atomic E-state index is 0. The van der Waals surface area contributed by atoms with Crippen molar-refractivity contribution < 1.29 is 0 Å². The summed E-state index contributed by atoms with van der Waals surface area (Å²) < 4.78 is 0. The smallest absolute Gasteiger partial charge is 0.0616 e. The topological polar surface area (TPSA) is 50.9 Å². The molecule has 0 spiro atoms. The van der Waals surface area contributed by atoms with Gasteiger partial charge in [0.25, 0.3) is 0 Å². The Labute approximate surface area is 89.9 Å². The average Bonchev–Trinajstić information content (AvgIpc) is 2.32. The molecule has 2 rings (SSSR count). The molecule has 1 atom stereocenters. The van der Waals surface area contributed by atoms with Crippen molar-refractivity contribution in [2.24, 2.45) is 0 Å². The van der Waals surface area contributed by atoms with Gasteiger partial charge in [0.1, 0.15) is 0 Å². The second-order valence-corrected chi connectivity index (χ2v) is 2.92. The lowest BCUT2D eigenvalue weighted by Gasteiger charge is -2.01. The number of rotatable bonds is 0. The summed E-state index contributed by atoms with van der Waals surface area (Å²) in [6, 6.07) is 2.37. The van der Waals surface area contributed by atoms with E-state index in [0.29, 0.717) is 6.04 Å². The van der Waals surface area contributed by atoms with Crippen molar-refractivity contribution in [1.29, 1.82) is 0 Å². The number of hydrogen-bond acceptors (Lipinski definition) is 3. The van der Waals surface area contributed by atoms with E-state index in [2.05, 4.69) is 17.2 Å². The monoisotopic (exact) mass is 221 g/mol. The van der Waals surface area contributed by atoms with Crippen LogP contribution in [-0.4, -0.2) is 4.98 Å². The fourth-order valence-electron chi connectivity index (χ4n) is 1.43. The summed E-state index contributed by atoms with van der Waals surface area (Å²) >= 11 is 0. The molecule has 5 heteroatoms. The van der Waals surface area contributed by atoms with E-state index in [4.69, 9.17) is 5.73 Å². The predicted molar refractivity (Wildman–Crippen MR) is 58.4 cm³/mol. The van der Waals surface area contributed by atoms with Crippen LogP contribution >= 0.6 is 24.8 Å². The number of anilines is 1. The van der Waals surface area contributed by atoms with Gasteiger partial charge in [-0.2, -0.15) is 0 Å². The number of fused-ring (bicyclic) bond motifs is 1. The summed E-state index contributed by atoms with van der Waals surface area (Å²) in [5, 5.41) is 3.29. The zero-order valence-corrected chi connectivity index (χ0v) is 8.91. The highest BCUT2D eigenvalue weighted by atomic mass is 35.5. The number of pyridine rings is 1. The molecule has 0 saturated heterocycles. The van der Waals surface area contributed by atoms with E-state index in [9.17, 15) is 0 Å². The summed E-state index contributed by atoms with van der Waals surface area (Å²) in [5.74, 6) is 0. The summed E-state index contributed by atoms with van der Waals surface area (Å²) in [5.41, 5.74) is 8.71. The molecule has 0 fully saturated rings. The molecule has 1 aliphatic heterocycles. The van der Waals surface area contributed by atoms with Crippen molar-refractivity contribution in [1.82, 2.24) is 10.3 Å². The van der Waals surface area contributed by atoms with Crippen LogP contribution in [0, 0.1) is 0 Å². The lowest BCUT2D eigenvalue weighted by Crippen LogP contribution is -2.07. The Hall–Kier alpha value is -0.510. The van der Waals surface area contributed by atoms with Gasteiger partial charge in [-0.3, -0.25) is 4.98 Å². The third-order valence-electron chi connectivity index (χ3n) is 2.03. The summed E-state index contributed by atoms with van der Waals surface area (Å²) in [7, 11) is 0. The molecule has 0 aliphatic carbocycles. The summed E-state index contributed by atoms with van der Waals surface area (Å²) in [6.07, 6.45) is 1.71. The van der Waals surface area contributed by atoms with Crippen molar-refractivity contribution in [2.75, 3.05) is 5.73 Å². The Balaban J connectivity index is 0.000000720. The minimum absolute atomic E-state index is 0. The zero-order valence-electron chi connectivity index (χ0n) is 7.28. The van der Waals surface area contributed by atoms with Crippen LogP contribution < -0.4 is 11.1 Å². The first-order valence-electron chi connectivity index (χ1n) is 3.75. The van der Waals surface area contributed by atoms with Gasteiger partial charge in [-0.1, -0.05) is 0 Å². The van der Waals surface area contributed by atoms with Crippen LogP contribution in [0.15, 0.2) is 12.3 Å². The van der Waals surface area contributed by atoms with E-state index in [-0.39, 0.29) is 24.8 Å². The molecule has 1 unspecified atom stereocenters. The Kier molecular flexibility index (Phi) is 4.47. The van der Waals surface area contributed by atoms with Gasteiger partial charge in [-0.05, 0) is 18.6 Å². The fourth-order valence-corrected chi connectivity index (χ4v) is 1.43. The van der Waals surface area contributed by atoms with Gasteiger partial charge in [0.05, 0.1) is 17.6 Å². The fraction of sp³-hybridized carbons (Fsp3) is 0.375. The first kappa shape index (κ1) is 12.5. The predicted octanol–water partition coefficient (Wildman–Crippen LogP) is 1.67. The van der Waals surface area contributed by atoms with E-state index in [1.807, 2.05) is 6.07 Å². The molecule has 1 aromatic rings. The number of nitrogens with zero attached hydrogens (tertiary/aromatic N) is 1. The Bertz CT molecular complexity index is 291. The van der Waals surface area contributed by atoms with Gasteiger partial charge in [0.2, 0.25) is 0 Å². The van der Waals surface area contributed by atoms with Gasteiger partial charge in [-0.25, -0.2) is 0 Å². The van der Waals surface area contributed by atoms with Gasteiger partial charge in [0, 0.05) is 12.6 Å². The second kappa shape index (κ2) is 4.65. The maximum atomic E-state index is 5.59. The first-order valence-corrected chi connectivity index (χ1v) is 3.75. The van der Waals surface area contributed by atoms with Gasteiger partial charge >= 0.3 is 0 Å². The van der Waals surface area contributed by atoms with Crippen LogP contribution in [0.1, 0.15) is 24.2 Å². The molecule has 0 aromatic carbocycles. The Morgan fingerprint density at radius 2 is 2.23 bits per heavy atom. The molecule has 0 radical (unpaired) electrons. The molecule has 3 N–H and O–H groups in total. The largest absolute Gasteiger partial charge is 0.397 e. The van der Waals surface area contributed by atoms with E-state index < -0.39 is 0 Å². The zero-order chi connectivity index (χ0) is 7.84. The molecule has 3 nitrogen and oxygen atoms in total. The van der Waals surface area contributed by atoms with Crippen molar-refractivity contribution in [3.63, 3.8) is 0 Å². The summed E-state index contributed by atoms with van der Waals surface area (Å²) in [6.45, 7) is 3.00. The lowest BCUT2D eigenvalue weighted by atomic mass is 10.2. The lowest BCUT2D eigenvalue weighted by molar-refractivity contribution is 0.623. The van der Waals surface area contributed by atoms with Crippen LogP contribution in [-0.2, 0) is 6.54 Å². The van der Waals surface area contributed by atoms with Gasteiger partial charge in [-0.15, -0.1) is 24.8 Å². The van der Waals surface area contributed by atoms with Crippen LogP contribution in [0.3, 0.4) is 0 Å². The molecule has 13 heavy (non-hydrogen) atoms. The van der Waals surface area contributed by atoms with Crippen LogP contribution in [0.25, 0.3) is 0 Å². The number of halogens is 2. The minimum Gasteiger partial charge on any atom is -0.397 e. The molecule has 0 amide bonds. The van der Waals surface area contributed by atoms with Gasteiger partial charge < -0.3 is 11.1 Å². The highest BCUT2D eigenvalue weighted by Gasteiger charge is 2.18. The Morgan fingerprint density at radius 1 is 1.54 bits per heavy atom. The van der Waals surface area contributed by atoms with Crippen molar-refractivity contribution in [3.8, 4) is 0 Å². The quantitative estimate of drug-likeness (QED) is 0.702. The Morgan fingerprint density at radius 3 is 2.92 bits per heavy atom. The van der Waals surface area contributed by atoms with Gasteiger partial charge in [0.15, 0.2) is 0 Å². The average molecular weight is 222 g/mol.